The van der Waals surface area contributed by atoms with Gasteiger partial charge in [-0.25, -0.2) is 4.98 Å². The van der Waals surface area contributed by atoms with Crippen LogP contribution < -0.4 is 5.32 Å². The van der Waals surface area contributed by atoms with Gasteiger partial charge in [0.15, 0.2) is 0 Å². The van der Waals surface area contributed by atoms with Crippen LogP contribution in [0.5, 0.6) is 0 Å². The Kier molecular flexibility index (Phi) is 4.36. The molecule has 0 fully saturated rings. The van der Waals surface area contributed by atoms with Crippen LogP contribution in [0, 0.1) is 22.7 Å². The zero-order chi connectivity index (χ0) is 14.4. The third kappa shape index (κ3) is 2.96. The van der Waals surface area contributed by atoms with Crippen LogP contribution in [-0.4, -0.2) is 9.55 Å². The minimum Gasteiger partial charge on any atom is -0.379 e. The van der Waals surface area contributed by atoms with Crippen LogP contribution in [0.1, 0.15) is 30.2 Å². The molecule has 1 aromatic heterocycles. The summed E-state index contributed by atoms with van der Waals surface area (Å²) in [5.74, 6) is 0. The Morgan fingerprint density at radius 3 is 2.75 bits per heavy atom. The summed E-state index contributed by atoms with van der Waals surface area (Å²) < 4.78 is 2.10. The first-order valence-electron chi connectivity index (χ1n) is 6.45. The lowest BCUT2D eigenvalue weighted by Crippen LogP contribution is -2.07. The third-order valence-corrected chi connectivity index (χ3v) is 3.00. The van der Waals surface area contributed by atoms with Gasteiger partial charge in [0, 0.05) is 18.4 Å². The average Bonchev–Trinajstić information content (AvgIpc) is 2.92. The number of anilines is 1. The number of hydrogen-bond donors (Lipinski definition) is 1. The normalized spacial score (nSPS) is 9.75. The second-order valence-electron chi connectivity index (χ2n) is 4.42. The number of aryl methyl sites for hydroxylation is 1. The molecule has 0 atom stereocenters. The van der Waals surface area contributed by atoms with Gasteiger partial charge in [0.25, 0.3) is 0 Å². The van der Waals surface area contributed by atoms with Crippen molar-refractivity contribution < 1.29 is 0 Å². The summed E-state index contributed by atoms with van der Waals surface area (Å²) in [6.45, 7) is 3.70. The molecule has 0 aliphatic rings. The van der Waals surface area contributed by atoms with E-state index in [4.69, 9.17) is 10.5 Å². The van der Waals surface area contributed by atoms with Crippen molar-refractivity contribution in [1.82, 2.24) is 9.55 Å². The summed E-state index contributed by atoms with van der Waals surface area (Å²) in [6.07, 6.45) is 4.70. The second-order valence-corrected chi connectivity index (χ2v) is 4.42. The fourth-order valence-corrected chi connectivity index (χ4v) is 1.97. The molecule has 1 N–H and O–H groups in total. The number of nitrogens with one attached hydrogen (secondary N) is 1. The predicted octanol–water partition coefficient (Wildman–Crippen LogP) is 2.65. The lowest BCUT2D eigenvalue weighted by atomic mass is 10.1. The molecule has 0 radical (unpaired) electrons. The van der Waals surface area contributed by atoms with Crippen LogP contribution in [0.15, 0.2) is 30.7 Å². The van der Waals surface area contributed by atoms with Crippen molar-refractivity contribution in [3.63, 3.8) is 0 Å². The first-order chi connectivity index (χ1) is 9.78. The predicted molar refractivity (Wildman–Crippen MR) is 75.7 cm³/mol. The molecular weight excluding hydrogens is 250 g/mol. The van der Waals surface area contributed by atoms with Crippen molar-refractivity contribution >= 4 is 5.69 Å². The molecule has 0 bridgehead atoms. The molecule has 0 amide bonds. The second kappa shape index (κ2) is 6.40. The van der Waals surface area contributed by atoms with E-state index in [1.165, 1.54) is 0 Å². The van der Waals surface area contributed by atoms with E-state index in [-0.39, 0.29) is 0 Å². The Hall–Kier alpha value is -2.79. The van der Waals surface area contributed by atoms with Gasteiger partial charge in [-0.3, -0.25) is 0 Å². The van der Waals surface area contributed by atoms with Crippen molar-refractivity contribution in [3.8, 4) is 12.1 Å². The molecule has 0 spiro atoms. The van der Waals surface area contributed by atoms with E-state index in [0.717, 1.165) is 24.3 Å². The highest BCUT2D eigenvalue weighted by molar-refractivity contribution is 5.56. The van der Waals surface area contributed by atoms with E-state index in [0.29, 0.717) is 17.7 Å². The summed E-state index contributed by atoms with van der Waals surface area (Å²) in [6, 6.07) is 9.19. The smallest absolute Gasteiger partial charge is 0.101 e. The minimum absolute atomic E-state index is 0.388. The van der Waals surface area contributed by atoms with E-state index in [2.05, 4.69) is 21.8 Å². The summed E-state index contributed by atoms with van der Waals surface area (Å²) >= 11 is 0. The van der Waals surface area contributed by atoms with Crippen molar-refractivity contribution in [2.75, 3.05) is 5.32 Å². The molecule has 2 rings (SSSR count). The minimum atomic E-state index is 0.388. The van der Waals surface area contributed by atoms with Gasteiger partial charge in [-0.05, 0) is 24.6 Å². The van der Waals surface area contributed by atoms with Crippen LogP contribution in [-0.2, 0) is 13.1 Å². The maximum Gasteiger partial charge on any atom is 0.101 e. The first kappa shape index (κ1) is 13.6. The van der Waals surface area contributed by atoms with Crippen LogP contribution in [0.3, 0.4) is 0 Å². The lowest BCUT2D eigenvalue weighted by molar-refractivity contribution is 0.651. The summed E-state index contributed by atoms with van der Waals surface area (Å²) in [7, 11) is 0. The van der Waals surface area contributed by atoms with Crippen LogP contribution in [0.4, 0.5) is 5.69 Å². The lowest BCUT2D eigenvalue weighted by Gasteiger charge is -2.09. The zero-order valence-electron chi connectivity index (χ0n) is 11.3. The van der Waals surface area contributed by atoms with E-state index >= 15 is 0 Å². The molecule has 0 unspecified atom stereocenters. The SMILES string of the molecule is CCCn1cncc1CNc1ccc(C#N)c(C#N)c1. The summed E-state index contributed by atoms with van der Waals surface area (Å²) in [4.78, 5) is 4.14. The van der Waals surface area contributed by atoms with Gasteiger partial charge in [0.05, 0.1) is 29.7 Å². The van der Waals surface area contributed by atoms with Crippen molar-refractivity contribution in [1.29, 1.82) is 10.5 Å². The Bertz CT molecular complexity index is 672. The zero-order valence-corrected chi connectivity index (χ0v) is 11.3. The fraction of sp³-hybridized carbons (Fsp3) is 0.267. The Balaban J connectivity index is 2.10. The summed E-state index contributed by atoms with van der Waals surface area (Å²) in [5.41, 5.74) is 2.70. The molecule has 0 saturated carbocycles. The quantitative estimate of drug-likeness (QED) is 0.901. The van der Waals surface area contributed by atoms with Gasteiger partial charge < -0.3 is 9.88 Å². The highest BCUT2D eigenvalue weighted by Crippen LogP contribution is 2.15. The standard InChI is InChI=1S/C15H15N5/c1-2-5-20-11-18-9-15(20)10-19-14-4-3-12(7-16)13(6-14)8-17/h3-4,6,9,11,19H,2,5,10H2,1H3. The number of rotatable bonds is 5. The number of nitriles is 2. The van der Waals surface area contributed by atoms with Crippen LogP contribution >= 0.6 is 0 Å². The maximum absolute atomic E-state index is 9.00. The molecule has 20 heavy (non-hydrogen) atoms. The Labute approximate surface area is 118 Å². The van der Waals surface area contributed by atoms with Gasteiger partial charge in [0.2, 0.25) is 0 Å². The van der Waals surface area contributed by atoms with Crippen molar-refractivity contribution in [2.45, 2.75) is 26.4 Å². The molecule has 1 heterocycles. The van der Waals surface area contributed by atoms with E-state index < -0.39 is 0 Å². The number of nitrogens with zero attached hydrogens (tertiary/aromatic N) is 4. The Morgan fingerprint density at radius 1 is 1.25 bits per heavy atom. The van der Waals surface area contributed by atoms with Gasteiger partial charge >= 0.3 is 0 Å². The number of benzene rings is 1. The van der Waals surface area contributed by atoms with Crippen molar-refractivity contribution in [3.05, 3.63) is 47.5 Å². The third-order valence-electron chi connectivity index (χ3n) is 3.00. The molecule has 2 aromatic rings. The monoisotopic (exact) mass is 265 g/mol. The molecule has 1 aromatic carbocycles. The van der Waals surface area contributed by atoms with Gasteiger partial charge in [-0.15, -0.1) is 0 Å². The van der Waals surface area contributed by atoms with Gasteiger partial charge in [-0.2, -0.15) is 10.5 Å². The molecule has 0 aliphatic heterocycles. The Morgan fingerprint density at radius 2 is 2.05 bits per heavy atom. The molecule has 5 nitrogen and oxygen atoms in total. The topological polar surface area (TPSA) is 77.4 Å². The van der Waals surface area contributed by atoms with Crippen LogP contribution in [0.2, 0.25) is 0 Å². The highest BCUT2D eigenvalue weighted by Gasteiger charge is 2.04. The number of aromatic nitrogens is 2. The molecule has 0 saturated heterocycles. The first-order valence-corrected chi connectivity index (χ1v) is 6.45. The van der Waals surface area contributed by atoms with E-state index in [9.17, 15) is 0 Å². The molecule has 5 heteroatoms. The number of imidazole rings is 1. The van der Waals surface area contributed by atoms with Crippen LogP contribution in [0.25, 0.3) is 0 Å². The van der Waals surface area contributed by atoms with Gasteiger partial charge in [0.1, 0.15) is 12.1 Å². The highest BCUT2D eigenvalue weighted by atomic mass is 15.1. The van der Waals surface area contributed by atoms with Gasteiger partial charge in [-0.1, -0.05) is 6.92 Å². The maximum atomic E-state index is 9.00. The van der Waals surface area contributed by atoms with Crippen molar-refractivity contribution in [2.24, 2.45) is 0 Å². The summed E-state index contributed by atoms with van der Waals surface area (Å²) in [5, 5.41) is 21.1. The average molecular weight is 265 g/mol. The molecule has 0 aliphatic carbocycles. The van der Waals surface area contributed by atoms with E-state index in [1.54, 1.807) is 18.2 Å². The largest absolute Gasteiger partial charge is 0.379 e. The fourth-order valence-electron chi connectivity index (χ4n) is 1.97. The van der Waals surface area contributed by atoms with E-state index in [1.807, 2.05) is 24.7 Å². The molecule has 100 valence electrons. The molecular formula is C15H15N5. The number of hydrogen-bond acceptors (Lipinski definition) is 4.